The molecule has 3 atom stereocenters. The number of hydrogen-bond acceptors (Lipinski definition) is 8. The Labute approximate surface area is 321 Å². The number of hydrogen-bond donors (Lipinski definition) is 4. The maximum Gasteiger partial charge on any atom is 0.472 e. The van der Waals surface area contributed by atoms with Gasteiger partial charge in [0.05, 0.1) is 13.2 Å². The number of aliphatic hydroxyl groups is 1. The first-order valence-electron chi connectivity index (χ1n) is 20.9. The van der Waals surface area contributed by atoms with Crippen molar-refractivity contribution in [3.8, 4) is 0 Å². The number of aliphatic carboxylic acids is 1. The molecule has 0 aliphatic rings. The topological polar surface area (TPSA) is 169 Å². The van der Waals surface area contributed by atoms with Crippen LogP contribution in [0.5, 0.6) is 0 Å². The van der Waals surface area contributed by atoms with E-state index in [1.807, 2.05) is 0 Å². The van der Waals surface area contributed by atoms with Crippen LogP contribution in [0.3, 0.4) is 0 Å². The van der Waals surface area contributed by atoms with Gasteiger partial charge in [0.25, 0.3) is 0 Å². The van der Waals surface area contributed by atoms with Gasteiger partial charge in [0.1, 0.15) is 12.7 Å². The van der Waals surface area contributed by atoms with Gasteiger partial charge in [-0.15, -0.1) is 0 Å². The van der Waals surface area contributed by atoms with Crippen LogP contribution in [0.1, 0.15) is 187 Å². The number of carbonyl (C=O) groups is 3. The fourth-order valence-electron chi connectivity index (χ4n) is 5.71. The Bertz CT molecular complexity index is 1010. The lowest BCUT2D eigenvalue weighted by Gasteiger charge is -2.18. The maximum absolute atomic E-state index is 12.3. The molecule has 310 valence electrons. The number of carboxylic acids is 1. The van der Waals surface area contributed by atoms with Crippen molar-refractivity contribution in [3.05, 3.63) is 24.3 Å². The molecule has 3 unspecified atom stereocenters. The van der Waals surface area contributed by atoms with E-state index in [1.165, 1.54) is 77.0 Å². The Hall–Kier alpha value is -2.04. The second-order valence-corrected chi connectivity index (χ2v) is 15.6. The predicted octanol–water partition coefficient (Wildman–Crippen LogP) is 10.3. The number of carbonyl (C=O) groups excluding carboxylic acids is 2. The Balaban J connectivity index is 3.91. The van der Waals surface area contributed by atoms with Crippen LogP contribution in [0.2, 0.25) is 0 Å². The van der Waals surface area contributed by atoms with Crippen LogP contribution < -0.4 is 5.32 Å². The molecule has 0 bridgehead atoms. The molecule has 0 saturated carbocycles. The number of nitrogens with one attached hydrogen (secondary N) is 1. The van der Waals surface area contributed by atoms with Gasteiger partial charge in [0, 0.05) is 12.8 Å². The second kappa shape index (κ2) is 36.9. The van der Waals surface area contributed by atoms with E-state index in [4.69, 9.17) is 13.8 Å². The van der Waals surface area contributed by atoms with Crippen molar-refractivity contribution < 1.29 is 47.8 Å². The number of phosphoric ester groups is 1. The van der Waals surface area contributed by atoms with Gasteiger partial charge in [0.15, 0.2) is 6.04 Å². The number of phosphoric acid groups is 1. The summed E-state index contributed by atoms with van der Waals surface area (Å²) in [6, 6.07) is -1.55. The fraction of sp³-hybridized carbons (Fsp3) is 0.829. The zero-order valence-corrected chi connectivity index (χ0v) is 34.2. The van der Waals surface area contributed by atoms with Gasteiger partial charge in [-0.3, -0.25) is 18.6 Å². The fourth-order valence-corrected chi connectivity index (χ4v) is 6.48. The quantitative estimate of drug-likeness (QED) is 0.0204. The van der Waals surface area contributed by atoms with Crippen molar-refractivity contribution in [1.29, 1.82) is 0 Å². The van der Waals surface area contributed by atoms with Gasteiger partial charge in [-0.05, 0) is 38.5 Å². The van der Waals surface area contributed by atoms with Crippen LogP contribution in [0.15, 0.2) is 24.3 Å². The molecule has 0 heterocycles. The van der Waals surface area contributed by atoms with E-state index in [0.29, 0.717) is 12.8 Å². The second-order valence-electron chi connectivity index (χ2n) is 14.2. The number of ether oxygens (including phenoxy) is 1. The number of aliphatic hydroxyl groups excluding tert-OH is 1. The van der Waals surface area contributed by atoms with Crippen LogP contribution in [0, 0.1) is 0 Å². The molecule has 0 aromatic carbocycles. The summed E-state index contributed by atoms with van der Waals surface area (Å²) in [6.45, 7) is 2.52. The Morgan fingerprint density at radius 3 is 1.60 bits per heavy atom. The van der Waals surface area contributed by atoms with E-state index in [0.717, 1.165) is 70.6 Å². The highest BCUT2D eigenvalue weighted by molar-refractivity contribution is 7.47. The minimum atomic E-state index is -4.75. The molecule has 0 aromatic rings. The first-order valence-corrected chi connectivity index (χ1v) is 22.4. The molecular formula is C41H76NO10P. The summed E-state index contributed by atoms with van der Waals surface area (Å²) in [6.07, 6.45) is 36.3. The third-order valence-corrected chi connectivity index (χ3v) is 9.93. The predicted molar refractivity (Wildman–Crippen MR) is 213 cm³/mol. The van der Waals surface area contributed by atoms with Gasteiger partial charge in [-0.1, -0.05) is 160 Å². The molecule has 53 heavy (non-hydrogen) atoms. The highest BCUT2D eigenvalue weighted by Crippen LogP contribution is 2.43. The number of esters is 1. The molecule has 0 aromatic heterocycles. The van der Waals surface area contributed by atoms with Gasteiger partial charge in [-0.2, -0.15) is 0 Å². The summed E-state index contributed by atoms with van der Waals surface area (Å²) in [7, 11) is -4.75. The lowest BCUT2D eigenvalue weighted by Crippen LogP contribution is -2.43. The monoisotopic (exact) mass is 774 g/mol. The van der Waals surface area contributed by atoms with Gasteiger partial charge >= 0.3 is 19.8 Å². The molecule has 11 nitrogen and oxygen atoms in total. The zero-order chi connectivity index (χ0) is 39.3. The third kappa shape index (κ3) is 36.7. The summed E-state index contributed by atoms with van der Waals surface area (Å²) in [4.78, 5) is 45.8. The lowest BCUT2D eigenvalue weighted by molar-refractivity contribution is -0.147. The van der Waals surface area contributed by atoms with Crippen LogP contribution in [0.25, 0.3) is 0 Å². The maximum atomic E-state index is 12.3. The highest BCUT2D eigenvalue weighted by atomic mass is 31.2. The molecule has 0 rings (SSSR count). The summed E-state index contributed by atoms with van der Waals surface area (Å²) < 4.78 is 26.8. The molecule has 0 radical (unpaired) electrons. The molecule has 0 aliphatic carbocycles. The average Bonchev–Trinajstić information content (AvgIpc) is 3.13. The SMILES string of the molecule is CCC/C=C\C/C=C\CCCCCCCC(=O)NC(COP(=O)(O)OCC(O)COC(=O)CCCCCCCCCCCCCCCCCC)C(=O)O. The van der Waals surface area contributed by atoms with Crippen molar-refractivity contribution in [2.24, 2.45) is 0 Å². The van der Waals surface area contributed by atoms with E-state index in [1.54, 1.807) is 0 Å². The van der Waals surface area contributed by atoms with Crippen LogP contribution >= 0.6 is 7.82 Å². The minimum Gasteiger partial charge on any atom is -0.480 e. The van der Waals surface area contributed by atoms with E-state index in [-0.39, 0.29) is 12.8 Å². The number of amides is 1. The summed E-state index contributed by atoms with van der Waals surface area (Å²) in [5.41, 5.74) is 0. The van der Waals surface area contributed by atoms with E-state index in [2.05, 4.69) is 43.5 Å². The van der Waals surface area contributed by atoms with Crippen LogP contribution in [-0.2, 0) is 32.7 Å². The minimum absolute atomic E-state index is 0.130. The molecule has 0 saturated heterocycles. The zero-order valence-electron chi connectivity index (χ0n) is 33.3. The van der Waals surface area contributed by atoms with Gasteiger partial charge in [0.2, 0.25) is 5.91 Å². The summed E-state index contributed by atoms with van der Waals surface area (Å²) in [5, 5.41) is 21.8. The standard InChI is InChI=1S/C41H76NO10P/c1-3-5-7-9-11-13-15-17-18-19-21-23-25-27-29-31-33-40(45)50-34-37(43)35-51-53(48,49)52-36-38(41(46)47)42-39(44)32-30-28-26-24-22-20-16-14-12-10-8-6-4-2/h8,10,14,16,37-38,43H,3-7,9,11-13,15,17-36H2,1-2H3,(H,42,44)(H,46,47)(H,48,49)/b10-8-,16-14-. The van der Waals surface area contributed by atoms with Crippen LogP contribution in [0.4, 0.5) is 0 Å². The number of unbranched alkanes of at least 4 members (excludes halogenated alkanes) is 21. The Kier molecular flexibility index (Phi) is 35.5. The van der Waals surface area contributed by atoms with Gasteiger partial charge in [-0.25, -0.2) is 9.36 Å². The number of allylic oxidation sites excluding steroid dienone is 4. The average molecular weight is 774 g/mol. The highest BCUT2D eigenvalue weighted by Gasteiger charge is 2.28. The molecule has 0 aliphatic heterocycles. The lowest BCUT2D eigenvalue weighted by atomic mass is 10.0. The molecule has 0 spiro atoms. The van der Waals surface area contributed by atoms with Crippen molar-refractivity contribution in [1.82, 2.24) is 5.32 Å². The smallest absolute Gasteiger partial charge is 0.472 e. The van der Waals surface area contributed by atoms with E-state index in [9.17, 15) is 34.1 Å². The van der Waals surface area contributed by atoms with Crippen molar-refractivity contribution in [2.45, 2.75) is 199 Å². The largest absolute Gasteiger partial charge is 0.480 e. The van der Waals surface area contributed by atoms with Crippen molar-refractivity contribution in [3.63, 3.8) is 0 Å². The van der Waals surface area contributed by atoms with Gasteiger partial charge < -0.3 is 25.2 Å². The first kappa shape index (κ1) is 51.0. The summed E-state index contributed by atoms with van der Waals surface area (Å²) in [5.74, 6) is -2.39. The molecule has 0 fully saturated rings. The normalized spacial score (nSPS) is 14.0. The first-order chi connectivity index (χ1) is 25.6. The third-order valence-electron chi connectivity index (χ3n) is 8.97. The molecule has 1 amide bonds. The molecular weight excluding hydrogens is 697 g/mol. The van der Waals surface area contributed by atoms with Crippen molar-refractivity contribution in [2.75, 3.05) is 19.8 Å². The summed E-state index contributed by atoms with van der Waals surface area (Å²) >= 11 is 0. The molecule has 4 N–H and O–H groups in total. The number of carboxylic acid groups (broad SMARTS) is 1. The number of rotatable bonds is 39. The Morgan fingerprint density at radius 1 is 0.604 bits per heavy atom. The van der Waals surface area contributed by atoms with E-state index < -0.39 is 57.6 Å². The van der Waals surface area contributed by atoms with E-state index >= 15 is 0 Å². The Morgan fingerprint density at radius 2 is 1.08 bits per heavy atom. The van der Waals surface area contributed by atoms with Crippen LogP contribution in [-0.4, -0.2) is 64.9 Å². The van der Waals surface area contributed by atoms with Crippen molar-refractivity contribution >= 4 is 25.7 Å². The molecule has 12 heteroatoms.